The lowest BCUT2D eigenvalue weighted by atomic mass is 10.2. The van der Waals surface area contributed by atoms with E-state index in [0.717, 1.165) is 6.07 Å². The molecule has 0 bridgehead atoms. The van der Waals surface area contributed by atoms with Crippen LogP contribution in [0.2, 0.25) is 0 Å². The molecule has 25 heavy (non-hydrogen) atoms. The first-order chi connectivity index (χ1) is 11.4. The van der Waals surface area contributed by atoms with Crippen LogP contribution < -0.4 is 10.5 Å². The van der Waals surface area contributed by atoms with Crippen LogP contribution in [-0.2, 0) is 10.1 Å². The van der Waals surface area contributed by atoms with Crippen molar-refractivity contribution in [3.63, 3.8) is 0 Å². The molecule has 0 atom stereocenters. The second-order valence-electron chi connectivity index (χ2n) is 4.52. The summed E-state index contributed by atoms with van der Waals surface area (Å²) in [5.74, 6) is -12.6. The van der Waals surface area contributed by atoms with Gasteiger partial charge in [-0.05, 0) is 40.8 Å². The molecule has 134 valence electrons. The molecule has 0 saturated heterocycles. The van der Waals surface area contributed by atoms with Crippen molar-refractivity contribution in [2.24, 2.45) is 0 Å². The van der Waals surface area contributed by atoms with E-state index < -0.39 is 50.0 Å². The molecule has 0 aromatic heterocycles. The Morgan fingerprint density at radius 3 is 2.04 bits per heavy atom. The van der Waals surface area contributed by atoms with E-state index in [4.69, 9.17) is 10.3 Å². The van der Waals surface area contributed by atoms with Crippen LogP contribution in [0.25, 0.3) is 0 Å². The summed E-state index contributed by atoms with van der Waals surface area (Å²) in [6, 6.07) is 3.61. The molecule has 0 unspecified atom stereocenters. The molecule has 3 N–H and O–H groups in total. The SMILES string of the molecule is Nc1ccc(C(=O)Oc2c(F)c(F)c(S(=O)(=O)O)c(F)c2F)cc1I. The second kappa shape index (κ2) is 6.76. The molecule has 0 heterocycles. The summed E-state index contributed by atoms with van der Waals surface area (Å²) in [7, 11) is -5.60. The molecule has 0 fully saturated rings. The molecule has 0 radical (unpaired) electrons. The molecule has 12 heteroatoms. The molecule has 0 aliphatic carbocycles. The fourth-order valence-corrected chi connectivity index (χ4v) is 2.86. The van der Waals surface area contributed by atoms with Gasteiger partial charge in [0.1, 0.15) is 0 Å². The van der Waals surface area contributed by atoms with Crippen molar-refractivity contribution in [3.8, 4) is 5.75 Å². The van der Waals surface area contributed by atoms with Gasteiger partial charge in [0.15, 0.2) is 16.5 Å². The van der Waals surface area contributed by atoms with E-state index in [1.54, 1.807) is 22.6 Å². The third-order valence-electron chi connectivity index (χ3n) is 2.87. The fourth-order valence-electron chi connectivity index (χ4n) is 1.71. The highest BCUT2D eigenvalue weighted by molar-refractivity contribution is 14.1. The second-order valence-corrected chi connectivity index (χ2v) is 7.04. The van der Waals surface area contributed by atoms with E-state index in [-0.39, 0.29) is 5.56 Å². The lowest BCUT2D eigenvalue weighted by Crippen LogP contribution is -2.16. The van der Waals surface area contributed by atoms with Crippen LogP contribution in [0.3, 0.4) is 0 Å². The Kier molecular flexibility index (Phi) is 5.24. The van der Waals surface area contributed by atoms with Gasteiger partial charge in [-0.1, -0.05) is 0 Å². The summed E-state index contributed by atoms with van der Waals surface area (Å²) in [5.41, 5.74) is 5.58. The minimum absolute atomic E-state index is 0.239. The molecular formula is C13H6F4INO5S. The monoisotopic (exact) mass is 491 g/mol. The third kappa shape index (κ3) is 3.69. The van der Waals surface area contributed by atoms with Crippen LogP contribution in [0.5, 0.6) is 5.75 Å². The van der Waals surface area contributed by atoms with Crippen LogP contribution in [0, 0.1) is 26.8 Å². The fraction of sp³-hybridized carbons (Fsp3) is 0. The van der Waals surface area contributed by atoms with Crippen molar-refractivity contribution in [3.05, 3.63) is 50.6 Å². The smallest absolute Gasteiger partial charge is 0.343 e. The molecule has 0 amide bonds. The van der Waals surface area contributed by atoms with Crippen molar-refractivity contribution < 1.29 is 40.1 Å². The lowest BCUT2D eigenvalue weighted by molar-refractivity contribution is 0.0716. The standard InChI is InChI=1S/C13H6F4INO5S/c14-7-9(16)12(25(21,22)23)10(17)8(15)11(7)24-13(20)4-1-2-6(19)5(18)3-4/h1-3H,19H2,(H,21,22,23). The quantitative estimate of drug-likeness (QED) is 0.130. The first-order valence-corrected chi connectivity index (χ1v) is 8.57. The molecule has 2 aromatic rings. The lowest BCUT2D eigenvalue weighted by Gasteiger charge is -2.11. The average molecular weight is 491 g/mol. The summed E-state index contributed by atoms with van der Waals surface area (Å²) < 4.78 is 89.9. The van der Waals surface area contributed by atoms with Gasteiger partial charge >= 0.3 is 16.1 Å². The molecule has 2 rings (SSSR count). The topological polar surface area (TPSA) is 107 Å². The van der Waals surface area contributed by atoms with Crippen LogP contribution in [0.15, 0.2) is 23.1 Å². The highest BCUT2D eigenvalue weighted by atomic mass is 127. The molecule has 6 nitrogen and oxygen atoms in total. The number of halogens is 5. The zero-order valence-electron chi connectivity index (χ0n) is 11.7. The number of hydrogen-bond donors (Lipinski definition) is 2. The van der Waals surface area contributed by atoms with Crippen LogP contribution in [0.1, 0.15) is 10.4 Å². The molecule has 0 spiro atoms. The van der Waals surface area contributed by atoms with Gasteiger partial charge in [0.25, 0.3) is 0 Å². The zero-order valence-corrected chi connectivity index (χ0v) is 14.7. The first kappa shape index (κ1) is 19.4. The summed E-state index contributed by atoms with van der Waals surface area (Å²) in [4.78, 5) is 9.64. The Morgan fingerprint density at radius 2 is 1.60 bits per heavy atom. The van der Waals surface area contributed by atoms with E-state index in [2.05, 4.69) is 4.74 Å². The zero-order chi connectivity index (χ0) is 19.1. The molecular weight excluding hydrogens is 485 g/mol. The minimum atomic E-state index is -5.60. The van der Waals surface area contributed by atoms with Crippen molar-refractivity contribution in [2.45, 2.75) is 4.90 Å². The minimum Gasteiger partial charge on any atom is -0.416 e. The Morgan fingerprint density at radius 1 is 1.08 bits per heavy atom. The van der Waals surface area contributed by atoms with Crippen LogP contribution >= 0.6 is 22.6 Å². The first-order valence-electron chi connectivity index (χ1n) is 6.05. The molecule has 0 aliphatic heterocycles. The number of hydrogen-bond acceptors (Lipinski definition) is 5. The Balaban J connectivity index is 2.54. The van der Waals surface area contributed by atoms with Gasteiger partial charge in [-0.15, -0.1) is 0 Å². The summed E-state index contributed by atoms with van der Waals surface area (Å²) in [5, 5.41) is 0. The Labute approximate surface area is 151 Å². The van der Waals surface area contributed by atoms with E-state index in [9.17, 15) is 30.8 Å². The molecule has 0 aliphatic rings. The van der Waals surface area contributed by atoms with Crippen LogP contribution in [0.4, 0.5) is 23.2 Å². The normalized spacial score (nSPS) is 11.4. The van der Waals surface area contributed by atoms with Gasteiger partial charge < -0.3 is 10.5 Å². The maximum Gasteiger partial charge on any atom is 0.343 e. The highest BCUT2D eigenvalue weighted by Crippen LogP contribution is 2.33. The number of esters is 1. The molecule has 0 saturated carbocycles. The number of ether oxygens (including phenoxy) is 1. The van der Waals surface area contributed by atoms with E-state index in [1.807, 2.05) is 0 Å². The van der Waals surface area contributed by atoms with E-state index in [0.29, 0.717) is 9.26 Å². The van der Waals surface area contributed by atoms with E-state index >= 15 is 0 Å². The number of benzene rings is 2. The predicted molar refractivity (Wildman–Crippen MR) is 84.6 cm³/mol. The predicted octanol–water partition coefficient (Wildman–Crippen LogP) is 2.90. The molecule has 2 aromatic carbocycles. The summed E-state index contributed by atoms with van der Waals surface area (Å²) in [6.45, 7) is 0. The maximum absolute atomic E-state index is 13.8. The van der Waals surface area contributed by atoms with Gasteiger partial charge in [0.2, 0.25) is 17.4 Å². The van der Waals surface area contributed by atoms with Gasteiger partial charge in [0.05, 0.1) is 5.56 Å². The number of anilines is 1. The Hall–Kier alpha value is -1.93. The average Bonchev–Trinajstić information content (AvgIpc) is 2.51. The number of nitrogens with two attached hydrogens (primary N) is 1. The van der Waals surface area contributed by atoms with E-state index in [1.165, 1.54) is 12.1 Å². The largest absolute Gasteiger partial charge is 0.416 e. The summed E-state index contributed by atoms with van der Waals surface area (Å²) in [6.07, 6.45) is 0. The number of carbonyl (C=O) groups is 1. The van der Waals surface area contributed by atoms with Crippen molar-refractivity contribution in [2.75, 3.05) is 5.73 Å². The van der Waals surface area contributed by atoms with Crippen molar-refractivity contribution in [1.82, 2.24) is 0 Å². The van der Waals surface area contributed by atoms with Crippen molar-refractivity contribution in [1.29, 1.82) is 0 Å². The van der Waals surface area contributed by atoms with Gasteiger partial charge in [-0.25, -0.2) is 13.6 Å². The van der Waals surface area contributed by atoms with Gasteiger partial charge in [-0.3, -0.25) is 4.55 Å². The maximum atomic E-state index is 13.8. The third-order valence-corrected chi connectivity index (χ3v) is 4.68. The van der Waals surface area contributed by atoms with Gasteiger partial charge in [-0.2, -0.15) is 17.2 Å². The highest BCUT2D eigenvalue weighted by Gasteiger charge is 2.34. The Bertz CT molecular complexity index is 967. The van der Waals surface area contributed by atoms with Crippen molar-refractivity contribution >= 4 is 44.4 Å². The number of nitrogen functional groups attached to an aromatic ring is 1. The van der Waals surface area contributed by atoms with Gasteiger partial charge in [0, 0.05) is 9.26 Å². The summed E-state index contributed by atoms with van der Waals surface area (Å²) >= 11 is 1.76. The number of carbonyl (C=O) groups excluding carboxylic acids is 1. The van der Waals surface area contributed by atoms with Crippen LogP contribution in [-0.4, -0.2) is 18.9 Å². The number of rotatable bonds is 3.